The number of methoxy groups -OCH3 is 2. The van der Waals surface area contributed by atoms with Crippen LogP contribution in [0.15, 0.2) is 12.1 Å². The highest BCUT2D eigenvalue weighted by atomic mass is 16.5. The molecule has 0 aliphatic carbocycles. The van der Waals surface area contributed by atoms with Gasteiger partial charge in [-0.25, -0.2) is 0 Å². The van der Waals surface area contributed by atoms with Crippen LogP contribution in [0.2, 0.25) is 0 Å². The smallest absolute Gasteiger partial charge is 0.126 e. The molecule has 0 aliphatic rings. The van der Waals surface area contributed by atoms with E-state index in [0.717, 1.165) is 24.3 Å². The van der Waals surface area contributed by atoms with E-state index in [9.17, 15) is 0 Å². The lowest BCUT2D eigenvalue weighted by atomic mass is 9.91. The Morgan fingerprint density at radius 2 is 1.94 bits per heavy atom. The van der Waals surface area contributed by atoms with Crippen LogP contribution < -0.4 is 15.2 Å². The van der Waals surface area contributed by atoms with Crippen molar-refractivity contribution in [1.82, 2.24) is 0 Å². The molecule has 1 atom stereocenters. The average molecular weight is 237 g/mol. The second-order valence-electron chi connectivity index (χ2n) is 4.23. The monoisotopic (exact) mass is 237 g/mol. The quantitative estimate of drug-likeness (QED) is 0.827. The minimum atomic E-state index is 0.430. The van der Waals surface area contributed by atoms with Crippen molar-refractivity contribution < 1.29 is 9.47 Å². The molecule has 96 valence electrons. The molecule has 1 unspecified atom stereocenters. The van der Waals surface area contributed by atoms with Crippen molar-refractivity contribution >= 4 is 0 Å². The Balaban J connectivity index is 3.23. The first kappa shape index (κ1) is 13.8. The Morgan fingerprint density at radius 3 is 2.41 bits per heavy atom. The van der Waals surface area contributed by atoms with Crippen LogP contribution >= 0.6 is 0 Å². The molecule has 17 heavy (non-hydrogen) atoms. The fraction of sp³-hybridized carbons (Fsp3) is 0.571. The molecular weight excluding hydrogens is 214 g/mol. The zero-order valence-electron chi connectivity index (χ0n) is 11.2. The van der Waals surface area contributed by atoms with E-state index in [1.54, 1.807) is 14.2 Å². The average Bonchev–Trinajstić information content (AvgIpc) is 2.37. The summed E-state index contributed by atoms with van der Waals surface area (Å²) in [6, 6.07) is 4.04. The number of ether oxygens (including phenoxy) is 2. The van der Waals surface area contributed by atoms with Crippen LogP contribution in [0.4, 0.5) is 0 Å². The highest BCUT2D eigenvalue weighted by Crippen LogP contribution is 2.34. The van der Waals surface area contributed by atoms with E-state index in [1.807, 2.05) is 6.07 Å². The summed E-state index contributed by atoms with van der Waals surface area (Å²) < 4.78 is 10.8. The molecule has 1 aromatic carbocycles. The van der Waals surface area contributed by atoms with Crippen LogP contribution in [-0.2, 0) is 6.42 Å². The summed E-state index contributed by atoms with van der Waals surface area (Å²) >= 11 is 0. The third kappa shape index (κ3) is 3.13. The summed E-state index contributed by atoms with van der Waals surface area (Å²) in [6.45, 7) is 5.03. The Kier molecular flexibility index (Phi) is 5.29. The highest BCUT2D eigenvalue weighted by Gasteiger charge is 2.15. The van der Waals surface area contributed by atoms with Gasteiger partial charge >= 0.3 is 0 Å². The van der Waals surface area contributed by atoms with Crippen LogP contribution in [0.5, 0.6) is 11.5 Å². The zero-order valence-corrected chi connectivity index (χ0v) is 11.2. The molecule has 0 aliphatic heterocycles. The lowest BCUT2D eigenvalue weighted by molar-refractivity contribution is 0.389. The number of nitrogens with two attached hydrogens (primary N) is 1. The summed E-state index contributed by atoms with van der Waals surface area (Å²) in [5, 5.41) is 0. The molecule has 0 aromatic heterocycles. The van der Waals surface area contributed by atoms with Gasteiger partial charge in [-0.05, 0) is 42.5 Å². The van der Waals surface area contributed by atoms with E-state index < -0.39 is 0 Å². The SMILES string of the molecule is CCc1c(OC)cc(OC)cc1C(C)CCN. The third-order valence-corrected chi connectivity index (χ3v) is 3.16. The van der Waals surface area contributed by atoms with E-state index in [2.05, 4.69) is 19.9 Å². The van der Waals surface area contributed by atoms with E-state index in [1.165, 1.54) is 11.1 Å². The van der Waals surface area contributed by atoms with E-state index in [-0.39, 0.29) is 0 Å². The van der Waals surface area contributed by atoms with Gasteiger partial charge in [-0.1, -0.05) is 13.8 Å². The molecule has 0 amide bonds. The van der Waals surface area contributed by atoms with Gasteiger partial charge in [0.25, 0.3) is 0 Å². The maximum Gasteiger partial charge on any atom is 0.126 e. The Bertz CT molecular complexity index is 363. The summed E-state index contributed by atoms with van der Waals surface area (Å²) in [4.78, 5) is 0. The molecule has 0 bridgehead atoms. The van der Waals surface area contributed by atoms with Gasteiger partial charge in [-0.3, -0.25) is 0 Å². The molecule has 3 nitrogen and oxygen atoms in total. The molecule has 1 aromatic rings. The highest BCUT2D eigenvalue weighted by molar-refractivity contribution is 5.48. The first-order valence-electron chi connectivity index (χ1n) is 6.12. The van der Waals surface area contributed by atoms with Crippen molar-refractivity contribution in [3.63, 3.8) is 0 Å². The molecule has 0 saturated heterocycles. The van der Waals surface area contributed by atoms with E-state index >= 15 is 0 Å². The normalized spacial score (nSPS) is 12.3. The summed E-state index contributed by atoms with van der Waals surface area (Å²) in [7, 11) is 3.38. The molecule has 0 heterocycles. The Hall–Kier alpha value is -1.22. The Morgan fingerprint density at radius 1 is 1.24 bits per heavy atom. The zero-order chi connectivity index (χ0) is 12.8. The third-order valence-electron chi connectivity index (χ3n) is 3.16. The van der Waals surface area contributed by atoms with Crippen molar-refractivity contribution in [1.29, 1.82) is 0 Å². The van der Waals surface area contributed by atoms with Crippen LogP contribution in [0.1, 0.15) is 37.3 Å². The van der Waals surface area contributed by atoms with Crippen molar-refractivity contribution in [3.05, 3.63) is 23.3 Å². The van der Waals surface area contributed by atoms with E-state index in [4.69, 9.17) is 15.2 Å². The van der Waals surface area contributed by atoms with Crippen LogP contribution in [0.25, 0.3) is 0 Å². The van der Waals surface area contributed by atoms with Gasteiger partial charge in [0, 0.05) is 6.07 Å². The van der Waals surface area contributed by atoms with Crippen molar-refractivity contribution in [3.8, 4) is 11.5 Å². The molecule has 0 radical (unpaired) electrons. The lowest BCUT2D eigenvalue weighted by Crippen LogP contribution is -2.08. The van der Waals surface area contributed by atoms with Gasteiger partial charge in [0.05, 0.1) is 14.2 Å². The first-order chi connectivity index (χ1) is 8.17. The number of hydrogen-bond donors (Lipinski definition) is 1. The molecule has 0 spiro atoms. The van der Waals surface area contributed by atoms with Crippen LogP contribution in [-0.4, -0.2) is 20.8 Å². The van der Waals surface area contributed by atoms with Crippen molar-refractivity contribution in [2.75, 3.05) is 20.8 Å². The van der Waals surface area contributed by atoms with E-state index in [0.29, 0.717) is 12.5 Å². The standard InChI is InChI=1S/C14H23NO2/c1-5-12-13(10(2)6-7-15)8-11(16-3)9-14(12)17-4/h8-10H,5-7,15H2,1-4H3. The minimum Gasteiger partial charge on any atom is -0.497 e. The van der Waals surface area contributed by atoms with Crippen LogP contribution in [0.3, 0.4) is 0 Å². The second-order valence-corrected chi connectivity index (χ2v) is 4.23. The van der Waals surface area contributed by atoms with Gasteiger partial charge < -0.3 is 15.2 Å². The minimum absolute atomic E-state index is 0.430. The molecule has 2 N–H and O–H groups in total. The molecule has 1 rings (SSSR count). The summed E-state index contributed by atoms with van der Waals surface area (Å²) in [6.07, 6.45) is 1.93. The maximum atomic E-state index is 5.64. The predicted octanol–water partition coefficient (Wildman–Crippen LogP) is 2.72. The van der Waals surface area contributed by atoms with Gasteiger partial charge in [-0.2, -0.15) is 0 Å². The Labute approximate surface area is 104 Å². The van der Waals surface area contributed by atoms with Crippen molar-refractivity contribution in [2.45, 2.75) is 32.6 Å². The topological polar surface area (TPSA) is 44.5 Å². The fourth-order valence-electron chi connectivity index (χ4n) is 2.16. The van der Waals surface area contributed by atoms with Crippen LogP contribution in [0, 0.1) is 0 Å². The lowest BCUT2D eigenvalue weighted by Gasteiger charge is -2.19. The van der Waals surface area contributed by atoms with Gasteiger partial charge in [0.15, 0.2) is 0 Å². The molecular formula is C14H23NO2. The van der Waals surface area contributed by atoms with Gasteiger partial charge in [0.2, 0.25) is 0 Å². The molecule has 0 saturated carbocycles. The number of rotatable bonds is 6. The van der Waals surface area contributed by atoms with Crippen molar-refractivity contribution in [2.24, 2.45) is 5.73 Å². The second kappa shape index (κ2) is 6.50. The fourth-order valence-corrected chi connectivity index (χ4v) is 2.16. The summed E-state index contributed by atoms with van der Waals surface area (Å²) in [5.41, 5.74) is 8.18. The van der Waals surface area contributed by atoms with Gasteiger partial charge in [-0.15, -0.1) is 0 Å². The maximum absolute atomic E-state index is 5.64. The number of hydrogen-bond acceptors (Lipinski definition) is 3. The predicted molar refractivity (Wildman–Crippen MR) is 71.0 cm³/mol. The number of benzene rings is 1. The largest absolute Gasteiger partial charge is 0.497 e. The summed E-state index contributed by atoms with van der Waals surface area (Å²) in [5.74, 6) is 2.18. The molecule has 3 heteroatoms. The van der Waals surface area contributed by atoms with Gasteiger partial charge in [0.1, 0.15) is 11.5 Å². The first-order valence-corrected chi connectivity index (χ1v) is 6.12. The molecule has 0 fully saturated rings.